The summed E-state index contributed by atoms with van der Waals surface area (Å²) in [7, 11) is 1.34. The van der Waals surface area contributed by atoms with E-state index in [0.717, 1.165) is 21.9 Å². The quantitative estimate of drug-likeness (QED) is 0.620. The number of anilines is 2. The molecule has 0 radical (unpaired) electrons. The smallest absolute Gasteiger partial charge is 0.316 e. The van der Waals surface area contributed by atoms with E-state index < -0.39 is 11.9 Å². The molecule has 5 nitrogen and oxygen atoms in total. The molecule has 1 aliphatic heterocycles. The van der Waals surface area contributed by atoms with Gasteiger partial charge < -0.3 is 15.4 Å². The third-order valence-electron chi connectivity index (χ3n) is 5.05. The lowest BCUT2D eigenvalue weighted by Crippen LogP contribution is -2.39. The van der Waals surface area contributed by atoms with E-state index >= 15 is 0 Å². The Hall–Kier alpha value is -2.60. The molecule has 1 aromatic carbocycles. The van der Waals surface area contributed by atoms with Crippen molar-refractivity contribution in [2.24, 2.45) is 11.8 Å². The molecular formula is C20H20N2O3S. The van der Waals surface area contributed by atoms with Crippen molar-refractivity contribution in [3.8, 4) is 0 Å². The van der Waals surface area contributed by atoms with Crippen LogP contribution in [0.2, 0.25) is 0 Å². The summed E-state index contributed by atoms with van der Waals surface area (Å²) >= 11 is 1.59. The van der Waals surface area contributed by atoms with Crippen molar-refractivity contribution in [3.05, 3.63) is 57.9 Å². The van der Waals surface area contributed by atoms with Gasteiger partial charge in [-0.1, -0.05) is 25.1 Å². The van der Waals surface area contributed by atoms with E-state index in [9.17, 15) is 9.59 Å². The van der Waals surface area contributed by atoms with E-state index in [1.54, 1.807) is 11.3 Å². The van der Waals surface area contributed by atoms with Crippen molar-refractivity contribution in [2.75, 3.05) is 17.7 Å². The number of methoxy groups -OCH3 is 1. The van der Waals surface area contributed by atoms with Gasteiger partial charge >= 0.3 is 5.97 Å². The Morgan fingerprint density at radius 2 is 1.96 bits per heavy atom. The number of allylic oxidation sites excluding steroid dienone is 1. The maximum absolute atomic E-state index is 13.3. The Labute approximate surface area is 156 Å². The highest BCUT2D eigenvalue weighted by atomic mass is 32.1. The van der Waals surface area contributed by atoms with Gasteiger partial charge in [0.05, 0.1) is 24.5 Å². The summed E-state index contributed by atoms with van der Waals surface area (Å²) in [6, 6.07) is 11.6. The van der Waals surface area contributed by atoms with Gasteiger partial charge in [-0.05, 0) is 35.9 Å². The fraction of sp³-hybridized carbons (Fsp3) is 0.300. The van der Waals surface area contributed by atoms with Crippen LogP contribution in [-0.4, -0.2) is 18.9 Å². The predicted octanol–water partition coefficient (Wildman–Crippen LogP) is 3.98. The Balaban J connectivity index is 1.86. The number of ether oxygens (including phenoxy) is 1. The molecule has 0 fully saturated rings. The van der Waals surface area contributed by atoms with Crippen LogP contribution in [0.15, 0.2) is 53.0 Å². The largest absolute Gasteiger partial charge is 0.468 e. The minimum atomic E-state index is -0.758. The number of thiophene rings is 1. The maximum atomic E-state index is 13.3. The van der Waals surface area contributed by atoms with Gasteiger partial charge in [-0.2, -0.15) is 0 Å². The average Bonchev–Trinajstić information content (AvgIpc) is 3.10. The molecule has 6 heteroatoms. The molecule has 1 aromatic heterocycles. The summed E-state index contributed by atoms with van der Waals surface area (Å²) in [6.45, 7) is 1.93. The number of nitrogens with one attached hydrogen (secondary N) is 2. The van der Waals surface area contributed by atoms with E-state index in [0.29, 0.717) is 12.0 Å². The number of para-hydroxylation sites is 2. The molecule has 0 amide bonds. The Bertz CT molecular complexity index is 888. The van der Waals surface area contributed by atoms with E-state index in [1.165, 1.54) is 7.11 Å². The number of hydrogen-bond acceptors (Lipinski definition) is 6. The summed E-state index contributed by atoms with van der Waals surface area (Å²) in [5, 5.41) is 8.94. The van der Waals surface area contributed by atoms with Crippen molar-refractivity contribution >= 4 is 34.5 Å². The van der Waals surface area contributed by atoms with E-state index in [4.69, 9.17) is 4.74 Å². The van der Waals surface area contributed by atoms with Gasteiger partial charge in [0, 0.05) is 16.1 Å². The lowest BCUT2D eigenvalue weighted by Gasteiger charge is -2.32. The number of carbonyl (C=O) groups is 2. The molecule has 0 unspecified atom stereocenters. The van der Waals surface area contributed by atoms with Crippen LogP contribution in [0.5, 0.6) is 0 Å². The number of rotatable bonds is 2. The van der Waals surface area contributed by atoms with Crippen LogP contribution >= 0.6 is 11.3 Å². The zero-order valence-corrected chi connectivity index (χ0v) is 15.4. The van der Waals surface area contributed by atoms with Crippen molar-refractivity contribution in [1.82, 2.24) is 0 Å². The van der Waals surface area contributed by atoms with Gasteiger partial charge in [-0.3, -0.25) is 9.59 Å². The third kappa shape index (κ3) is 2.70. The van der Waals surface area contributed by atoms with Gasteiger partial charge in [-0.25, -0.2) is 0 Å². The zero-order chi connectivity index (χ0) is 18.3. The molecule has 2 aromatic rings. The number of ketones is 1. The number of Topliss-reactive ketones (excluding diaryl/α,β-unsaturated/α-hetero) is 1. The molecule has 3 atom stereocenters. The summed E-state index contributed by atoms with van der Waals surface area (Å²) in [6.07, 6.45) is 0.624. The Kier molecular flexibility index (Phi) is 4.28. The highest BCUT2D eigenvalue weighted by Gasteiger charge is 2.44. The Morgan fingerprint density at radius 1 is 1.19 bits per heavy atom. The minimum Gasteiger partial charge on any atom is -0.468 e. The first-order chi connectivity index (χ1) is 12.6. The second-order valence-electron chi connectivity index (χ2n) is 6.70. The van der Waals surface area contributed by atoms with Crippen LogP contribution in [0.4, 0.5) is 11.4 Å². The van der Waals surface area contributed by atoms with Crippen LogP contribution in [0.1, 0.15) is 24.3 Å². The van der Waals surface area contributed by atoms with Gasteiger partial charge in [-0.15, -0.1) is 11.3 Å². The lowest BCUT2D eigenvalue weighted by molar-refractivity contribution is -0.151. The summed E-state index contributed by atoms with van der Waals surface area (Å²) in [5.41, 5.74) is 3.40. The van der Waals surface area contributed by atoms with Crippen molar-refractivity contribution in [2.45, 2.75) is 19.4 Å². The number of hydrogen-bond donors (Lipinski definition) is 2. The predicted molar refractivity (Wildman–Crippen MR) is 102 cm³/mol. The van der Waals surface area contributed by atoms with Crippen molar-refractivity contribution in [1.29, 1.82) is 0 Å². The first-order valence-corrected chi connectivity index (χ1v) is 9.49. The summed E-state index contributed by atoms with van der Waals surface area (Å²) < 4.78 is 4.91. The first-order valence-electron chi connectivity index (χ1n) is 8.61. The lowest BCUT2D eigenvalue weighted by atomic mass is 9.75. The molecule has 2 heterocycles. The Morgan fingerprint density at radius 3 is 2.65 bits per heavy atom. The molecule has 4 rings (SSSR count). The van der Waals surface area contributed by atoms with Crippen molar-refractivity contribution < 1.29 is 14.3 Å². The van der Waals surface area contributed by atoms with E-state index in [2.05, 4.69) is 10.6 Å². The van der Waals surface area contributed by atoms with Crippen LogP contribution in [0.3, 0.4) is 0 Å². The van der Waals surface area contributed by atoms with Gasteiger partial charge in [0.15, 0.2) is 5.78 Å². The molecule has 0 saturated carbocycles. The molecule has 2 aliphatic rings. The highest BCUT2D eigenvalue weighted by molar-refractivity contribution is 7.10. The fourth-order valence-corrected chi connectivity index (χ4v) is 4.59. The van der Waals surface area contributed by atoms with Crippen LogP contribution < -0.4 is 10.6 Å². The standard InChI is InChI=1S/C20H20N2O3S/c1-11-10-14-17(19(23)16(11)20(24)25-2)18(15-8-5-9-26-15)22-13-7-4-3-6-12(13)21-14/h3-9,11,16,18,21-22H,10H2,1-2H3/t11-,16-,18-/m0/s1. The maximum Gasteiger partial charge on any atom is 0.316 e. The minimum absolute atomic E-state index is 0.115. The van der Waals surface area contributed by atoms with E-state index in [1.807, 2.05) is 48.7 Å². The fourth-order valence-electron chi connectivity index (χ4n) is 3.80. The second-order valence-corrected chi connectivity index (χ2v) is 7.68. The number of benzene rings is 1. The second kappa shape index (κ2) is 6.61. The number of esters is 1. The molecular weight excluding hydrogens is 348 g/mol. The number of fused-ring (bicyclic) bond motifs is 1. The monoisotopic (exact) mass is 368 g/mol. The molecule has 2 N–H and O–H groups in total. The average molecular weight is 368 g/mol. The SMILES string of the molecule is COC(=O)[C@@H]1C(=O)C2=C(C[C@@H]1C)Nc1ccccc1N[C@H]2c1cccs1. The van der Waals surface area contributed by atoms with Gasteiger partial charge in [0.1, 0.15) is 5.92 Å². The molecule has 134 valence electrons. The molecule has 26 heavy (non-hydrogen) atoms. The molecule has 1 aliphatic carbocycles. The van der Waals surface area contributed by atoms with Crippen LogP contribution in [0, 0.1) is 11.8 Å². The van der Waals surface area contributed by atoms with E-state index in [-0.39, 0.29) is 17.7 Å². The summed E-state index contributed by atoms with van der Waals surface area (Å²) in [5.74, 6) is -1.49. The highest BCUT2D eigenvalue weighted by Crippen LogP contribution is 2.44. The zero-order valence-electron chi connectivity index (χ0n) is 14.6. The first kappa shape index (κ1) is 16.8. The van der Waals surface area contributed by atoms with Crippen LogP contribution in [-0.2, 0) is 14.3 Å². The van der Waals surface area contributed by atoms with Crippen LogP contribution in [0.25, 0.3) is 0 Å². The molecule has 0 bridgehead atoms. The van der Waals surface area contributed by atoms with Crippen molar-refractivity contribution in [3.63, 3.8) is 0 Å². The number of carbonyl (C=O) groups excluding carboxylic acids is 2. The van der Waals surface area contributed by atoms with Gasteiger partial charge in [0.2, 0.25) is 0 Å². The molecule has 0 saturated heterocycles. The third-order valence-corrected chi connectivity index (χ3v) is 5.99. The summed E-state index contributed by atoms with van der Waals surface area (Å²) in [4.78, 5) is 26.6. The topological polar surface area (TPSA) is 67.4 Å². The van der Waals surface area contributed by atoms with Gasteiger partial charge in [0.25, 0.3) is 0 Å². The normalized spacial score (nSPS) is 24.7. The molecule has 0 spiro atoms.